The summed E-state index contributed by atoms with van der Waals surface area (Å²) in [6, 6.07) is 7.97. The van der Waals surface area contributed by atoms with Crippen LogP contribution in [0.25, 0.3) is 0 Å². The van der Waals surface area contributed by atoms with Gasteiger partial charge in [-0.15, -0.1) is 11.3 Å². The molecular weight excluding hydrogens is 220 g/mol. The number of aromatic hydroxyl groups is 1. The molecule has 0 aliphatic heterocycles. The molecule has 0 spiro atoms. The van der Waals surface area contributed by atoms with Gasteiger partial charge in [0.15, 0.2) is 0 Å². The summed E-state index contributed by atoms with van der Waals surface area (Å²) >= 11 is 1.75. The van der Waals surface area contributed by atoms with Gasteiger partial charge in [0.25, 0.3) is 0 Å². The second kappa shape index (κ2) is 5.09. The molecule has 0 amide bonds. The molecule has 0 aliphatic carbocycles. The second-order valence-corrected chi connectivity index (χ2v) is 4.61. The van der Waals surface area contributed by atoms with Crippen LogP contribution < -0.4 is 5.32 Å². The SMILES string of the molecule is CC(NCc1ccc(O)cn1)c1cccs1. The number of pyridine rings is 1. The summed E-state index contributed by atoms with van der Waals surface area (Å²) in [4.78, 5) is 5.44. The highest BCUT2D eigenvalue weighted by Crippen LogP contribution is 2.18. The van der Waals surface area contributed by atoms with E-state index >= 15 is 0 Å². The summed E-state index contributed by atoms with van der Waals surface area (Å²) in [5.74, 6) is 0.204. The minimum atomic E-state index is 0.204. The Kier molecular flexibility index (Phi) is 3.54. The molecule has 16 heavy (non-hydrogen) atoms. The lowest BCUT2D eigenvalue weighted by atomic mass is 10.2. The Bertz CT molecular complexity index is 425. The number of hydrogen-bond acceptors (Lipinski definition) is 4. The summed E-state index contributed by atoms with van der Waals surface area (Å²) in [6.07, 6.45) is 1.47. The molecule has 2 rings (SSSR count). The fourth-order valence-electron chi connectivity index (χ4n) is 1.42. The van der Waals surface area contributed by atoms with Gasteiger partial charge in [0.1, 0.15) is 5.75 Å². The van der Waals surface area contributed by atoms with Crippen LogP contribution in [0.3, 0.4) is 0 Å². The van der Waals surface area contributed by atoms with E-state index in [0.717, 1.165) is 5.69 Å². The first-order valence-electron chi connectivity index (χ1n) is 5.16. The van der Waals surface area contributed by atoms with Crippen LogP contribution >= 0.6 is 11.3 Å². The van der Waals surface area contributed by atoms with Gasteiger partial charge in [-0.2, -0.15) is 0 Å². The van der Waals surface area contributed by atoms with Crippen molar-refractivity contribution in [2.75, 3.05) is 0 Å². The highest BCUT2D eigenvalue weighted by molar-refractivity contribution is 7.10. The average molecular weight is 234 g/mol. The van der Waals surface area contributed by atoms with E-state index in [9.17, 15) is 0 Å². The summed E-state index contributed by atoms with van der Waals surface area (Å²) in [7, 11) is 0. The van der Waals surface area contributed by atoms with Crippen molar-refractivity contribution >= 4 is 11.3 Å². The van der Waals surface area contributed by atoms with Crippen LogP contribution in [0, 0.1) is 0 Å². The predicted molar refractivity (Wildman–Crippen MR) is 65.5 cm³/mol. The Labute approximate surface area is 98.8 Å². The lowest BCUT2D eigenvalue weighted by molar-refractivity contribution is 0.471. The van der Waals surface area contributed by atoms with Crippen LogP contribution in [0.1, 0.15) is 23.5 Å². The number of thiophene rings is 1. The molecule has 1 atom stereocenters. The van der Waals surface area contributed by atoms with Crippen LogP contribution in [0.15, 0.2) is 35.8 Å². The van der Waals surface area contributed by atoms with E-state index in [2.05, 4.69) is 34.7 Å². The molecule has 2 heterocycles. The van der Waals surface area contributed by atoms with Crippen LogP contribution in [0.5, 0.6) is 5.75 Å². The second-order valence-electron chi connectivity index (χ2n) is 3.63. The molecule has 0 fully saturated rings. The molecule has 2 aromatic rings. The van der Waals surface area contributed by atoms with Crippen molar-refractivity contribution in [2.24, 2.45) is 0 Å². The molecular formula is C12H14N2OS. The molecule has 1 unspecified atom stereocenters. The highest BCUT2D eigenvalue weighted by atomic mass is 32.1. The van der Waals surface area contributed by atoms with Crippen LogP contribution in [0.2, 0.25) is 0 Å². The lowest BCUT2D eigenvalue weighted by Crippen LogP contribution is -2.17. The zero-order valence-electron chi connectivity index (χ0n) is 9.05. The van der Waals surface area contributed by atoms with Gasteiger partial charge in [-0.05, 0) is 30.5 Å². The van der Waals surface area contributed by atoms with Crippen molar-refractivity contribution in [2.45, 2.75) is 19.5 Å². The van der Waals surface area contributed by atoms with Gasteiger partial charge in [0, 0.05) is 17.5 Å². The monoisotopic (exact) mass is 234 g/mol. The molecule has 0 bridgehead atoms. The molecule has 84 valence electrons. The highest BCUT2D eigenvalue weighted by Gasteiger charge is 2.05. The van der Waals surface area contributed by atoms with Crippen molar-refractivity contribution in [3.63, 3.8) is 0 Å². The maximum atomic E-state index is 9.10. The largest absolute Gasteiger partial charge is 0.506 e. The normalized spacial score (nSPS) is 12.6. The third-order valence-corrected chi connectivity index (χ3v) is 3.42. The minimum Gasteiger partial charge on any atom is -0.506 e. The molecule has 0 radical (unpaired) electrons. The Morgan fingerprint density at radius 1 is 1.44 bits per heavy atom. The quantitative estimate of drug-likeness (QED) is 0.855. The first kappa shape index (κ1) is 11.1. The van der Waals surface area contributed by atoms with Crippen LogP contribution in [-0.4, -0.2) is 10.1 Å². The molecule has 2 N–H and O–H groups in total. The average Bonchev–Trinajstić information content (AvgIpc) is 2.81. The fourth-order valence-corrected chi connectivity index (χ4v) is 2.18. The third-order valence-electron chi connectivity index (χ3n) is 2.37. The molecule has 0 aromatic carbocycles. The van der Waals surface area contributed by atoms with E-state index in [0.29, 0.717) is 12.6 Å². The standard InChI is InChI=1S/C12H14N2OS/c1-9(12-3-2-6-16-12)13-7-10-4-5-11(15)8-14-10/h2-6,8-9,13,15H,7H2,1H3. The van der Waals surface area contributed by atoms with Gasteiger partial charge >= 0.3 is 0 Å². The van der Waals surface area contributed by atoms with Gasteiger partial charge in [0.05, 0.1) is 11.9 Å². The van der Waals surface area contributed by atoms with Crippen molar-refractivity contribution in [1.82, 2.24) is 10.3 Å². The van der Waals surface area contributed by atoms with Crippen molar-refractivity contribution < 1.29 is 5.11 Å². The zero-order valence-corrected chi connectivity index (χ0v) is 9.87. The van der Waals surface area contributed by atoms with Crippen molar-refractivity contribution in [1.29, 1.82) is 0 Å². The van der Waals surface area contributed by atoms with Gasteiger partial charge < -0.3 is 10.4 Å². The lowest BCUT2D eigenvalue weighted by Gasteiger charge is -2.11. The van der Waals surface area contributed by atoms with Crippen molar-refractivity contribution in [3.8, 4) is 5.75 Å². The van der Waals surface area contributed by atoms with Crippen molar-refractivity contribution in [3.05, 3.63) is 46.4 Å². The fraction of sp³-hybridized carbons (Fsp3) is 0.250. The van der Waals surface area contributed by atoms with Crippen LogP contribution in [-0.2, 0) is 6.54 Å². The maximum Gasteiger partial charge on any atom is 0.133 e. The Morgan fingerprint density at radius 2 is 2.31 bits per heavy atom. The van der Waals surface area contributed by atoms with E-state index in [1.54, 1.807) is 17.4 Å². The Balaban J connectivity index is 1.90. The number of nitrogens with zero attached hydrogens (tertiary/aromatic N) is 1. The number of hydrogen-bond donors (Lipinski definition) is 2. The molecule has 0 saturated heterocycles. The Morgan fingerprint density at radius 3 is 2.94 bits per heavy atom. The van der Waals surface area contributed by atoms with E-state index in [1.807, 2.05) is 6.07 Å². The number of aromatic nitrogens is 1. The van der Waals surface area contributed by atoms with E-state index < -0.39 is 0 Å². The summed E-state index contributed by atoms with van der Waals surface area (Å²) < 4.78 is 0. The smallest absolute Gasteiger partial charge is 0.133 e. The maximum absolute atomic E-state index is 9.10. The Hall–Kier alpha value is -1.39. The number of rotatable bonds is 4. The molecule has 2 aromatic heterocycles. The van der Waals surface area contributed by atoms with Gasteiger partial charge in [-0.3, -0.25) is 4.98 Å². The predicted octanol–water partition coefficient (Wildman–Crippen LogP) is 2.70. The first-order chi connectivity index (χ1) is 7.75. The number of nitrogens with one attached hydrogen (secondary N) is 1. The molecule has 3 nitrogen and oxygen atoms in total. The summed E-state index contributed by atoms with van der Waals surface area (Å²) in [6.45, 7) is 2.84. The first-order valence-corrected chi connectivity index (χ1v) is 6.04. The summed E-state index contributed by atoms with van der Waals surface area (Å²) in [5, 5.41) is 14.6. The van der Waals surface area contributed by atoms with E-state index in [1.165, 1.54) is 11.1 Å². The van der Waals surface area contributed by atoms with E-state index in [4.69, 9.17) is 5.11 Å². The molecule has 4 heteroatoms. The van der Waals surface area contributed by atoms with Crippen LogP contribution in [0.4, 0.5) is 0 Å². The van der Waals surface area contributed by atoms with Gasteiger partial charge in [-0.1, -0.05) is 6.07 Å². The summed E-state index contributed by atoms with van der Waals surface area (Å²) in [5.41, 5.74) is 0.932. The van der Waals surface area contributed by atoms with Gasteiger partial charge in [0.2, 0.25) is 0 Å². The topological polar surface area (TPSA) is 45.1 Å². The van der Waals surface area contributed by atoms with E-state index in [-0.39, 0.29) is 5.75 Å². The zero-order chi connectivity index (χ0) is 11.4. The molecule has 0 saturated carbocycles. The molecule has 0 aliphatic rings. The minimum absolute atomic E-state index is 0.204. The van der Waals surface area contributed by atoms with Gasteiger partial charge in [-0.25, -0.2) is 0 Å². The third kappa shape index (κ3) is 2.81.